The Labute approximate surface area is 138 Å². The summed E-state index contributed by atoms with van der Waals surface area (Å²) >= 11 is 0. The Morgan fingerprint density at radius 1 is 1.38 bits per heavy atom. The van der Waals surface area contributed by atoms with Gasteiger partial charge in [0.15, 0.2) is 0 Å². The Balaban J connectivity index is 1.57. The average Bonchev–Trinajstić information content (AvgIpc) is 2.99. The van der Waals surface area contributed by atoms with E-state index in [1.807, 2.05) is 4.68 Å². The molecule has 3 rings (SSSR count). The topological polar surface area (TPSA) is 67.2 Å². The number of rotatable bonds is 5. The number of aliphatic hydroxyl groups is 1. The molecule has 0 spiro atoms. The fraction of sp³-hybridized carbons (Fsp3) is 0.412. The lowest BCUT2D eigenvalue weighted by Crippen LogP contribution is -2.34. The van der Waals surface area contributed by atoms with Crippen LogP contribution in [0, 0.1) is 11.6 Å². The van der Waals surface area contributed by atoms with Crippen LogP contribution in [0.4, 0.5) is 8.78 Å². The zero-order chi connectivity index (χ0) is 17.1. The van der Waals surface area contributed by atoms with Crippen LogP contribution in [0.3, 0.4) is 0 Å². The number of carbonyl (C=O) groups excluding carboxylic acids is 1. The smallest absolute Gasteiger partial charge is 0.254 e. The highest BCUT2D eigenvalue weighted by Gasteiger charge is 2.20. The Morgan fingerprint density at radius 3 is 3.00 bits per heavy atom. The SMILES string of the molecule is O=C(NC[C@H](O)Cc1ccc(F)cc1F)c1cnn2c1CCCC2. The molecule has 0 radical (unpaired) electrons. The van der Waals surface area contributed by atoms with Crippen LogP contribution < -0.4 is 5.32 Å². The van der Waals surface area contributed by atoms with Crippen LogP contribution in [0.25, 0.3) is 0 Å². The molecule has 2 heterocycles. The average molecular weight is 335 g/mol. The highest BCUT2D eigenvalue weighted by molar-refractivity contribution is 5.95. The van der Waals surface area contributed by atoms with Gasteiger partial charge in [-0.1, -0.05) is 6.07 Å². The molecule has 0 aliphatic carbocycles. The van der Waals surface area contributed by atoms with E-state index in [0.29, 0.717) is 5.56 Å². The lowest BCUT2D eigenvalue weighted by molar-refractivity contribution is 0.0914. The number of nitrogens with zero attached hydrogens (tertiary/aromatic N) is 2. The molecule has 0 saturated carbocycles. The van der Waals surface area contributed by atoms with Gasteiger partial charge in [0.05, 0.1) is 23.6 Å². The second kappa shape index (κ2) is 7.09. The fourth-order valence-electron chi connectivity index (χ4n) is 2.93. The van der Waals surface area contributed by atoms with Gasteiger partial charge in [-0.25, -0.2) is 8.78 Å². The molecule has 7 heteroatoms. The summed E-state index contributed by atoms with van der Waals surface area (Å²) in [6.07, 6.45) is 3.48. The summed E-state index contributed by atoms with van der Waals surface area (Å²) in [7, 11) is 0. The van der Waals surface area contributed by atoms with Crippen molar-refractivity contribution in [3.8, 4) is 0 Å². The van der Waals surface area contributed by atoms with Crippen molar-refractivity contribution >= 4 is 5.91 Å². The van der Waals surface area contributed by atoms with Crippen LogP contribution in [-0.2, 0) is 19.4 Å². The predicted molar refractivity (Wildman–Crippen MR) is 83.6 cm³/mol. The third-order valence-electron chi connectivity index (χ3n) is 4.20. The fourth-order valence-corrected chi connectivity index (χ4v) is 2.93. The zero-order valence-corrected chi connectivity index (χ0v) is 13.1. The standard InChI is InChI=1S/C17H19F2N3O2/c18-12-5-4-11(15(19)8-12)7-13(23)9-20-17(24)14-10-21-22-6-2-1-3-16(14)22/h4-5,8,10,13,23H,1-3,6-7,9H2,(H,20,24)/t13-/m1/s1. The van der Waals surface area contributed by atoms with E-state index in [1.165, 1.54) is 6.07 Å². The maximum absolute atomic E-state index is 13.6. The van der Waals surface area contributed by atoms with Crippen molar-refractivity contribution in [2.75, 3.05) is 6.54 Å². The molecule has 0 fully saturated rings. The maximum atomic E-state index is 13.6. The van der Waals surface area contributed by atoms with Crippen molar-refractivity contribution in [3.05, 3.63) is 52.9 Å². The van der Waals surface area contributed by atoms with E-state index < -0.39 is 17.7 Å². The van der Waals surface area contributed by atoms with Crippen LogP contribution in [-0.4, -0.2) is 33.4 Å². The van der Waals surface area contributed by atoms with E-state index in [1.54, 1.807) is 6.20 Å². The number of aliphatic hydroxyl groups excluding tert-OH is 1. The second-order valence-corrected chi connectivity index (χ2v) is 5.99. The summed E-state index contributed by atoms with van der Waals surface area (Å²) in [4.78, 5) is 12.2. The van der Waals surface area contributed by atoms with Crippen molar-refractivity contribution in [1.82, 2.24) is 15.1 Å². The lowest BCUT2D eigenvalue weighted by Gasteiger charge is -2.15. The predicted octanol–water partition coefficient (Wildman–Crippen LogP) is 1.83. The monoisotopic (exact) mass is 335 g/mol. The van der Waals surface area contributed by atoms with Gasteiger partial charge in [0.1, 0.15) is 11.6 Å². The molecule has 2 aromatic rings. The van der Waals surface area contributed by atoms with Gasteiger partial charge >= 0.3 is 0 Å². The normalized spacial score (nSPS) is 15.0. The van der Waals surface area contributed by atoms with Crippen LogP contribution in [0.2, 0.25) is 0 Å². The Bertz CT molecular complexity index is 745. The molecular formula is C17H19F2N3O2. The van der Waals surface area contributed by atoms with E-state index in [0.717, 1.165) is 43.6 Å². The molecule has 1 aliphatic rings. The maximum Gasteiger partial charge on any atom is 0.254 e. The van der Waals surface area contributed by atoms with E-state index in [-0.39, 0.29) is 24.4 Å². The van der Waals surface area contributed by atoms with Crippen molar-refractivity contribution < 1.29 is 18.7 Å². The molecule has 1 aromatic carbocycles. The minimum atomic E-state index is -0.958. The third kappa shape index (κ3) is 3.62. The van der Waals surface area contributed by atoms with Crippen LogP contribution >= 0.6 is 0 Å². The van der Waals surface area contributed by atoms with E-state index >= 15 is 0 Å². The summed E-state index contributed by atoms with van der Waals surface area (Å²) in [6, 6.07) is 3.21. The Hall–Kier alpha value is -2.28. The first kappa shape index (κ1) is 16.6. The van der Waals surface area contributed by atoms with Gasteiger partial charge in [-0.05, 0) is 30.9 Å². The highest BCUT2D eigenvalue weighted by atomic mass is 19.1. The van der Waals surface area contributed by atoms with Crippen LogP contribution in [0.5, 0.6) is 0 Å². The van der Waals surface area contributed by atoms with Gasteiger partial charge < -0.3 is 10.4 Å². The molecule has 0 unspecified atom stereocenters. The van der Waals surface area contributed by atoms with Gasteiger partial charge in [0.2, 0.25) is 0 Å². The summed E-state index contributed by atoms with van der Waals surface area (Å²) in [6.45, 7) is 0.801. The number of hydrogen-bond acceptors (Lipinski definition) is 3. The first-order valence-corrected chi connectivity index (χ1v) is 7.99. The summed E-state index contributed by atoms with van der Waals surface area (Å²) < 4.78 is 28.3. The van der Waals surface area contributed by atoms with Gasteiger partial charge in [-0.2, -0.15) is 5.10 Å². The number of aromatic nitrogens is 2. The van der Waals surface area contributed by atoms with Gasteiger partial charge in [-0.15, -0.1) is 0 Å². The molecule has 5 nitrogen and oxygen atoms in total. The first-order valence-electron chi connectivity index (χ1n) is 7.99. The summed E-state index contributed by atoms with van der Waals surface area (Å²) in [5, 5.41) is 16.8. The van der Waals surface area contributed by atoms with Crippen molar-refractivity contribution in [2.24, 2.45) is 0 Å². The zero-order valence-electron chi connectivity index (χ0n) is 13.1. The molecule has 0 saturated heterocycles. The number of halogens is 2. The molecule has 0 bridgehead atoms. The molecule has 2 N–H and O–H groups in total. The van der Waals surface area contributed by atoms with Crippen LogP contribution in [0.1, 0.15) is 34.5 Å². The third-order valence-corrected chi connectivity index (χ3v) is 4.20. The molecule has 24 heavy (non-hydrogen) atoms. The lowest BCUT2D eigenvalue weighted by atomic mass is 10.1. The van der Waals surface area contributed by atoms with E-state index in [9.17, 15) is 18.7 Å². The van der Waals surface area contributed by atoms with E-state index in [2.05, 4.69) is 10.4 Å². The van der Waals surface area contributed by atoms with Gasteiger partial charge in [-0.3, -0.25) is 9.48 Å². The van der Waals surface area contributed by atoms with Crippen LogP contribution in [0.15, 0.2) is 24.4 Å². The number of aryl methyl sites for hydroxylation is 1. The molecule has 128 valence electrons. The molecular weight excluding hydrogens is 316 g/mol. The quantitative estimate of drug-likeness (QED) is 0.876. The summed E-state index contributed by atoms with van der Waals surface area (Å²) in [5.41, 5.74) is 1.65. The first-order chi connectivity index (χ1) is 11.5. The van der Waals surface area contributed by atoms with E-state index in [4.69, 9.17) is 0 Å². The molecule has 1 aliphatic heterocycles. The molecule has 1 atom stereocenters. The minimum absolute atomic E-state index is 0.00148. The Morgan fingerprint density at radius 2 is 2.21 bits per heavy atom. The number of carbonyl (C=O) groups is 1. The van der Waals surface area contributed by atoms with Gasteiger partial charge in [0.25, 0.3) is 5.91 Å². The molecule has 1 aromatic heterocycles. The van der Waals surface area contributed by atoms with Crippen molar-refractivity contribution in [3.63, 3.8) is 0 Å². The summed E-state index contributed by atoms with van der Waals surface area (Å²) in [5.74, 6) is -1.66. The van der Waals surface area contributed by atoms with Gasteiger partial charge in [0, 0.05) is 25.6 Å². The number of benzene rings is 1. The number of hydrogen-bond donors (Lipinski definition) is 2. The number of fused-ring (bicyclic) bond motifs is 1. The van der Waals surface area contributed by atoms with Crippen molar-refractivity contribution in [2.45, 2.75) is 38.3 Å². The molecule has 1 amide bonds. The van der Waals surface area contributed by atoms with Crippen molar-refractivity contribution in [1.29, 1.82) is 0 Å². The highest BCUT2D eigenvalue weighted by Crippen LogP contribution is 2.18. The number of nitrogens with one attached hydrogen (secondary N) is 1. The second-order valence-electron chi connectivity index (χ2n) is 5.99. The number of amides is 1. The largest absolute Gasteiger partial charge is 0.391 e. The Kier molecular flexibility index (Phi) is 4.89. The minimum Gasteiger partial charge on any atom is -0.391 e.